The Morgan fingerprint density at radius 2 is 1.94 bits per heavy atom. The maximum Gasteiger partial charge on any atom is 0.288 e. The fraction of sp³-hybridized carbons (Fsp3) is 0.435. The maximum absolute atomic E-state index is 13.5. The monoisotopic (exact) mass is 482 g/mol. The molecule has 33 heavy (non-hydrogen) atoms. The van der Waals surface area contributed by atoms with Crippen molar-refractivity contribution in [3.05, 3.63) is 47.0 Å². The molecule has 0 N–H and O–H groups in total. The molecule has 8 nitrogen and oxygen atoms in total. The number of piperidine rings is 1. The van der Waals surface area contributed by atoms with Crippen LogP contribution in [0, 0.1) is 6.57 Å². The van der Waals surface area contributed by atoms with E-state index in [-0.39, 0.29) is 22.9 Å². The van der Waals surface area contributed by atoms with Crippen LogP contribution in [0.1, 0.15) is 32.1 Å². The van der Waals surface area contributed by atoms with E-state index in [9.17, 15) is 4.79 Å². The molecule has 170 valence electrons. The number of carbonyl (C=O) groups is 1. The summed E-state index contributed by atoms with van der Waals surface area (Å²) < 4.78 is 6.07. The molecule has 1 amide bonds. The number of thiocarbonyl (C=S) groups is 1. The average Bonchev–Trinajstić information content (AvgIpc) is 3.02. The van der Waals surface area contributed by atoms with Crippen LogP contribution in [-0.2, 0) is 4.79 Å². The second-order valence-corrected chi connectivity index (χ2v) is 9.50. The first-order valence-corrected chi connectivity index (χ1v) is 11.7. The molecule has 1 saturated carbocycles. The standard InChI is InChI=1S/C23H23ClN6O2S/c1-25-20-18(24)12-16(14-27-20)29-21(31)23(8-3-9-23)30(22(29)33)15-4-5-19(26-13-15)32-17-6-10-28(2)11-7-17/h4-5,12-14,17H,3,6-11H2,2H3. The van der Waals surface area contributed by atoms with Crippen molar-refractivity contribution in [2.24, 2.45) is 0 Å². The summed E-state index contributed by atoms with van der Waals surface area (Å²) in [6.45, 7) is 9.17. The number of hydrogen-bond donors (Lipinski definition) is 0. The third kappa shape index (κ3) is 3.72. The van der Waals surface area contributed by atoms with Gasteiger partial charge in [-0.2, -0.15) is 0 Å². The Morgan fingerprint density at radius 1 is 1.21 bits per heavy atom. The molecule has 0 atom stereocenters. The van der Waals surface area contributed by atoms with Gasteiger partial charge < -0.3 is 19.4 Å². The molecule has 3 fully saturated rings. The summed E-state index contributed by atoms with van der Waals surface area (Å²) in [7, 11) is 2.12. The molecule has 5 rings (SSSR count). The van der Waals surface area contributed by atoms with E-state index in [0.29, 0.717) is 29.5 Å². The average molecular weight is 483 g/mol. The van der Waals surface area contributed by atoms with Gasteiger partial charge in [0.1, 0.15) is 17.8 Å². The number of likely N-dealkylation sites (tertiary alicyclic amines) is 1. The Hall–Kier alpha value is -2.80. The minimum atomic E-state index is -0.722. The number of hydrogen-bond acceptors (Lipinski definition) is 6. The topological polar surface area (TPSA) is 66.2 Å². The lowest BCUT2D eigenvalue weighted by Crippen LogP contribution is -2.55. The number of anilines is 2. The molecule has 0 unspecified atom stereocenters. The van der Waals surface area contributed by atoms with Crippen LogP contribution in [-0.4, -0.2) is 57.7 Å². The fourth-order valence-electron chi connectivity index (χ4n) is 4.68. The van der Waals surface area contributed by atoms with Crippen LogP contribution in [0.4, 0.5) is 17.2 Å². The predicted molar refractivity (Wildman–Crippen MR) is 130 cm³/mol. The summed E-state index contributed by atoms with van der Waals surface area (Å²) in [5, 5.41) is 0.551. The third-order valence-electron chi connectivity index (χ3n) is 6.70. The first-order valence-electron chi connectivity index (χ1n) is 11.0. The van der Waals surface area contributed by atoms with Crippen molar-refractivity contribution in [2.75, 3.05) is 29.9 Å². The van der Waals surface area contributed by atoms with E-state index < -0.39 is 5.54 Å². The normalized spacial score (nSPS) is 20.8. The summed E-state index contributed by atoms with van der Waals surface area (Å²) in [6, 6.07) is 5.32. The van der Waals surface area contributed by atoms with Crippen LogP contribution in [0.15, 0.2) is 30.6 Å². The zero-order valence-corrected chi connectivity index (χ0v) is 19.8. The number of ether oxygens (including phenoxy) is 1. The van der Waals surface area contributed by atoms with Crippen LogP contribution < -0.4 is 14.5 Å². The minimum Gasteiger partial charge on any atom is -0.474 e. The van der Waals surface area contributed by atoms with Gasteiger partial charge in [-0.3, -0.25) is 9.69 Å². The van der Waals surface area contributed by atoms with E-state index in [4.69, 9.17) is 35.1 Å². The zero-order chi connectivity index (χ0) is 23.2. The second kappa shape index (κ2) is 8.52. The zero-order valence-electron chi connectivity index (χ0n) is 18.2. The van der Waals surface area contributed by atoms with E-state index in [0.717, 1.165) is 38.0 Å². The molecule has 1 spiro atoms. The van der Waals surface area contributed by atoms with Gasteiger partial charge in [-0.25, -0.2) is 4.98 Å². The summed E-state index contributed by atoms with van der Waals surface area (Å²) in [6.07, 6.45) is 7.67. The second-order valence-electron chi connectivity index (χ2n) is 8.73. The molecule has 3 aliphatic rings. The lowest BCUT2D eigenvalue weighted by molar-refractivity contribution is -0.123. The molecule has 0 radical (unpaired) electrons. The highest BCUT2D eigenvalue weighted by Crippen LogP contribution is 2.48. The van der Waals surface area contributed by atoms with E-state index in [1.54, 1.807) is 12.3 Å². The lowest BCUT2D eigenvalue weighted by atomic mass is 9.75. The van der Waals surface area contributed by atoms with E-state index in [1.165, 1.54) is 11.1 Å². The van der Waals surface area contributed by atoms with Gasteiger partial charge in [0.2, 0.25) is 5.88 Å². The van der Waals surface area contributed by atoms with Crippen molar-refractivity contribution >= 4 is 52.0 Å². The minimum absolute atomic E-state index is 0.0950. The van der Waals surface area contributed by atoms with Crippen LogP contribution in [0.5, 0.6) is 5.88 Å². The highest BCUT2D eigenvalue weighted by molar-refractivity contribution is 7.81. The summed E-state index contributed by atoms with van der Waals surface area (Å²) in [5.74, 6) is 0.575. The summed E-state index contributed by atoms with van der Waals surface area (Å²) in [4.78, 5) is 31.1. The maximum atomic E-state index is 13.5. The molecular formula is C23H23ClN6O2S. The number of aromatic nitrogens is 2. The highest BCUT2D eigenvalue weighted by atomic mass is 35.5. The molecule has 0 aromatic carbocycles. The number of nitrogens with zero attached hydrogens (tertiary/aromatic N) is 6. The molecule has 4 heterocycles. The van der Waals surface area contributed by atoms with Gasteiger partial charge >= 0.3 is 0 Å². The van der Waals surface area contributed by atoms with Crippen LogP contribution >= 0.6 is 23.8 Å². The fourth-order valence-corrected chi connectivity index (χ4v) is 5.35. The number of rotatable bonds is 4. The molecular weight excluding hydrogens is 460 g/mol. The third-order valence-corrected chi connectivity index (χ3v) is 7.34. The summed E-state index contributed by atoms with van der Waals surface area (Å²) in [5.41, 5.74) is 0.495. The molecule has 1 aliphatic carbocycles. The Morgan fingerprint density at radius 3 is 2.52 bits per heavy atom. The lowest BCUT2D eigenvalue weighted by Gasteiger charge is -2.42. The van der Waals surface area contributed by atoms with Crippen molar-refractivity contribution in [3.8, 4) is 5.88 Å². The largest absolute Gasteiger partial charge is 0.474 e. The first-order chi connectivity index (χ1) is 15.9. The molecule has 2 aliphatic heterocycles. The van der Waals surface area contributed by atoms with Gasteiger partial charge in [0.05, 0.1) is 22.6 Å². The van der Waals surface area contributed by atoms with Crippen molar-refractivity contribution < 1.29 is 9.53 Å². The van der Waals surface area contributed by atoms with Gasteiger partial charge in [-0.1, -0.05) is 18.2 Å². The molecule has 2 aromatic rings. The van der Waals surface area contributed by atoms with Gasteiger partial charge in [0.25, 0.3) is 11.7 Å². The van der Waals surface area contributed by atoms with E-state index in [2.05, 4.69) is 26.8 Å². The van der Waals surface area contributed by atoms with Crippen molar-refractivity contribution in [3.63, 3.8) is 0 Å². The van der Waals surface area contributed by atoms with Crippen molar-refractivity contribution in [2.45, 2.75) is 43.7 Å². The number of carbonyl (C=O) groups excluding carboxylic acids is 1. The van der Waals surface area contributed by atoms with Gasteiger partial charge in [-0.15, -0.1) is 4.98 Å². The quantitative estimate of drug-likeness (QED) is 0.477. The van der Waals surface area contributed by atoms with Gasteiger partial charge in [-0.05, 0) is 63.5 Å². The number of pyridine rings is 2. The Kier molecular flexibility index (Phi) is 5.69. The predicted octanol–water partition coefficient (Wildman–Crippen LogP) is 4.21. The van der Waals surface area contributed by atoms with Gasteiger partial charge in [0, 0.05) is 19.2 Å². The van der Waals surface area contributed by atoms with Crippen LogP contribution in [0.2, 0.25) is 5.02 Å². The van der Waals surface area contributed by atoms with E-state index >= 15 is 0 Å². The molecule has 2 aromatic heterocycles. The van der Waals surface area contributed by atoms with E-state index in [1.807, 2.05) is 17.0 Å². The SMILES string of the molecule is [C-]#[N+]c1ncc(N2C(=O)C3(CCC3)N(c3ccc(OC4CCN(C)CC4)nc3)C2=S)cc1Cl. The Balaban J connectivity index is 1.40. The van der Waals surface area contributed by atoms with Crippen molar-refractivity contribution in [1.82, 2.24) is 14.9 Å². The smallest absolute Gasteiger partial charge is 0.288 e. The molecule has 2 saturated heterocycles. The van der Waals surface area contributed by atoms with Crippen LogP contribution in [0.25, 0.3) is 4.85 Å². The Labute approximate surface area is 202 Å². The number of amides is 1. The van der Waals surface area contributed by atoms with Crippen LogP contribution in [0.3, 0.4) is 0 Å². The van der Waals surface area contributed by atoms with Gasteiger partial charge in [0.15, 0.2) is 5.11 Å². The molecule has 10 heteroatoms. The summed E-state index contributed by atoms with van der Waals surface area (Å²) >= 11 is 12.0. The first kappa shape index (κ1) is 22.0. The molecule has 0 bridgehead atoms. The number of halogens is 1. The highest BCUT2D eigenvalue weighted by Gasteiger charge is 2.59. The van der Waals surface area contributed by atoms with Crippen molar-refractivity contribution in [1.29, 1.82) is 0 Å². The Bertz CT molecular complexity index is 1140.